The van der Waals surface area contributed by atoms with Crippen molar-refractivity contribution in [3.63, 3.8) is 0 Å². The van der Waals surface area contributed by atoms with Crippen LogP contribution in [0.5, 0.6) is 0 Å². The standard InChI is InChI=1S/C31H43FN6O5/c1-5-28(40)35-29(31(42)38-14-12-37(4)13-15-38)20(3)22-10-11-25(24(32)16-22)34-30(41)23(21-8-6-19(2)7-9-21)17-27(39)26-18-33-43-36-26/h10-11,16,18-21,23,29H,5-9,12-15,17H2,1-4H3,(H,34,41)(H,35,40)/t19?,20-,21?,23-,29+/m0/s1. The number of likely N-dealkylation sites (N-methyl/N-ethyl adjacent to an activating group) is 1. The molecular formula is C31H43FN6O5. The Kier molecular flexibility index (Phi) is 11.0. The third-order valence-corrected chi connectivity index (χ3v) is 9.01. The summed E-state index contributed by atoms with van der Waals surface area (Å²) >= 11 is 0. The van der Waals surface area contributed by atoms with Crippen molar-refractivity contribution in [2.75, 3.05) is 38.5 Å². The van der Waals surface area contributed by atoms with Gasteiger partial charge in [-0.25, -0.2) is 9.02 Å². The Labute approximate surface area is 251 Å². The van der Waals surface area contributed by atoms with Gasteiger partial charge in [0.1, 0.15) is 18.1 Å². The third kappa shape index (κ3) is 8.25. The first-order valence-electron chi connectivity index (χ1n) is 15.2. The van der Waals surface area contributed by atoms with Crippen LogP contribution in [0.3, 0.4) is 0 Å². The number of hydrogen-bond acceptors (Lipinski definition) is 8. The predicted molar refractivity (Wildman–Crippen MR) is 158 cm³/mol. The van der Waals surface area contributed by atoms with E-state index in [0.29, 0.717) is 24.6 Å². The van der Waals surface area contributed by atoms with E-state index in [-0.39, 0.29) is 47.7 Å². The van der Waals surface area contributed by atoms with Crippen LogP contribution in [0.25, 0.3) is 0 Å². The molecule has 2 heterocycles. The number of anilines is 1. The number of amides is 3. The largest absolute Gasteiger partial charge is 0.344 e. The molecule has 3 amide bonds. The fourth-order valence-corrected chi connectivity index (χ4v) is 5.99. The summed E-state index contributed by atoms with van der Waals surface area (Å²) in [5.74, 6) is -2.55. The number of halogens is 1. The molecule has 11 nitrogen and oxygen atoms in total. The fourth-order valence-electron chi connectivity index (χ4n) is 5.99. The molecule has 1 saturated carbocycles. The fraction of sp³-hybridized carbons (Fsp3) is 0.613. The molecule has 2 fully saturated rings. The van der Waals surface area contributed by atoms with Crippen LogP contribution < -0.4 is 10.6 Å². The summed E-state index contributed by atoms with van der Waals surface area (Å²) in [5, 5.41) is 12.6. The average Bonchev–Trinajstić information content (AvgIpc) is 3.55. The van der Waals surface area contributed by atoms with Crippen molar-refractivity contribution in [2.24, 2.45) is 17.8 Å². The van der Waals surface area contributed by atoms with E-state index >= 15 is 4.39 Å². The number of carbonyl (C=O) groups excluding carboxylic acids is 4. The predicted octanol–water partition coefficient (Wildman–Crippen LogP) is 3.64. The highest BCUT2D eigenvalue weighted by atomic mass is 19.1. The van der Waals surface area contributed by atoms with Crippen molar-refractivity contribution in [1.82, 2.24) is 25.4 Å². The van der Waals surface area contributed by atoms with Gasteiger partial charge in [-0.15, -0.1) is 0 Å². The maximum absolute atomic E-state index is 15.5. The topological polar surface area (TPSA) is 138 Å². The van der Waals surface area contributed by atoms with E-state index in [1.54, 1.807) is 24.8 Å². The number of Topliss-reactive ketones (excluding diaryl/α,β-unsaturated/α-hetero) is 1. The van der Waals surface area contributed by atoms with Crippen LogP contribution in [0.15, 0.2) is 29.0 Å². The number of piperazine rings is 1. The number of aromatic nitrogens is 2. The second-order valence-electron chi connectivity index (χ2n) is 12.1. The van der Waals surface area contributed by atoms with Crippen molar-refractivity contribution >= 4 is 29.2 Å². The third-order valence-electron chi connectivity index (χ3n) is 9.01. The molecule has 1 aliphatic heterocycles. The second kappa shape index (κ2) is 14.7. The summed E-state index contributed by atoms with van der Waals surface area (Å²) in [6.45, 7) is 8.25. The lowest BCUT2D eigenvalue weighted by atomic mass is 9.74. The molecule has 1 aromatic heterocycles. The SMILES string of the molecule is CCC(=O)N[C@@H](C(=O)N1CCN(C)CC1)[C@@H](C)c1ccc(NC(=O)[C@@H](CC(=O)c2cnon2)C2CCC(C)CC2)c(F)c1. The van der Waals surface area contributed by atoms with Crippen LogP contribution >= 0.6 is 0 Å². The van der Waals surface area contributed by atoms with Crippen molar-refractivity contribution in [3.8, 4) is 0 Å². The zero-order valence-corrected chi connectivity index (χ0v) is 25.5. The number of rotatable bonds is 11. The number of nitrogens with one attached hydrogen (secondary N) is 2. The van der Waals surface area contributed by atoms with Gasteiger partial charge >= 0.3 is 0 Å². The Morgan fingerprint density at radius 3 is 2.40 bits per heavy atom. The zero-order chi connectivity index (χ0) is 31.1. The van der Waals surface area contributed by atoms with Crippen molar-refractivity contribution < 1.29 is 28.2 Å². The van der Waals surface area contributed by atoms with Gasteiger partial charge in [-0.05, 0) is 54.6 Å². The summed E-state index contributed by atoms with van der Waals surface area (Å²) < 4.78 is 20.1. The minimum absolute atomic E-state index is 0.00906. The molecule has 1 saturated heterocycles. The Hall–Kier alpha value is -3.67. The molecule has 2 aliphatic rings. The molecule has 43 heavy (non-hydrogen) atoms. The first-order chi connectivity index (χ1) is 20.6. The van der Waals surface area contributed by atoms with Crippen molar-refractivity contribution in [2.45, 2.75) is 71.3 Å². The van der Waals surface area contributed by atoms with Gasteiger partial charge in [-0.1, -0.05) is 44.8 Å². The van der Waals surface area contributed by atoms with Gasteiger partial charge in [0.25, 0.3) is 0 Å². The lowest BCUT2D eigenvalue weighted by Gasteiger charge is -2.36. The molecule has 2 N–H and O–H groups in total. The highest BCUT2D eigenvalue weighted by molar-refractivity contribution is 6.00. The Morgan fingerprint density at radius 1 is 1.09 bits per heavy atom. The van der Waals surface area contributed by atoms with Crippen LogP contribution in [0, 0.1) is 23.6 Å². The first-order valence-corrected chi connectivity index (χ1v) is 15.2. The molecule has 0 bridgehead atoms. The molecule has 1 aliphatic carbocycles. The lowest BCUT2D eigenvalue weighted by Crippen LogP contribution is -2.55. The molecule has 0 unspecified atom stereocenters. The molecule has 2 aromatic rings. The first kappa shape index (κ1) is 32.2. The van der Waals surface area contributed by atoms with Gasteiger partial charge in [0.05, 0.1) is 5.69 Å². The molecule has 1 aromatic carbocycles. The molecule has 3 atom stereocenters. The van der Waals surface area contributed by atoms with E-state index in [0.717, 1.165) is 38.8 Å². The van der Waals surface area contributed by atoms with Gasteiger partial charge < -0.3 is 20.4 Å². The second-order valence-corrected chi connectivity index (χ2v) is 12.1. The number of benzene rings is 1. The molecule has 0 radical (unpaired) electrons. The average molecular weight is 599 g/mol. The smallest absolute Gasteiger partial charge is 0.245 e. The number of nitrogens with zero attached hydrogens (tertiary/aromatic N) is 4. The van der Waals surface area contributed by atoms with E-state index in [1.807, 2.05) is 7.05 Å². The summed E-state index contributed by atoms with van der Waals surface area (Å²) in [6, 6.07) is 3.58. The monoisotopic (exact) mass is 598 g/mol. The summed E-state index contributed by atoms with van der Waals surface area (Å²) in [4.78, 5) is 56.1. The molecule has 234 valence electrons. The van der Waals surface area contributed by atoms with E-state index in [2.05, 4.69) is 37.4 Å². The van der Waals surface area contributed by atoms with E-state index in [4.69, 9.17) is 0 Å². The minimum atomic E-state index is -0.856. The van der Waals surface area contributed by atoms with Crippen LogP contribution in [-0.2, 0) is 14.4 Å². The highest BCUT2D eigenvalue weighted by Crippen LogP contribution is 2.36. The normalized spacial score (nSPS) is 21.5. The Morgan fingerprint density at radius 2 is 1.79 bits per heavy atom. The summed E-state index contributed by atoms with van der Waals surface area (Å²) in [7, 11) is 1.99. The van der Waals surface area contributed by atoms with Crippen LogP contribution in [0.2, 0.25) is 0 Å². The lowest BCUT2D eigenvalue weighted by molar-refractivity contribution is -0.138. The van der Waals surface area contributed by atoms with Crippen molar-refractivity contribution in [1.29, 1.82) is 0 Å². The summed E-state index contributed by atoms with van der Waals surface area (Å²) in [6.07, 6.45) is 4.88. The number of hydrogen-bond donors (Lipinski definition) is 2. The van der Waals surface area contributed by atoms with Crippen molar-refractivity contribution in [3.05, 3.63) is 41.5 Å². The summed E-state index contributed by atoms with van der Waals surface area (Å²) in [5.41, 5.74) is 0.568. The number of ketones is 1. The maximum Gasteiger partial charge on any atom is 0.245 e. The molecule has 0 spiro atoms. The van der Waals surface area contributed by atoms with Gasteiger partial charge in [-0.3, -0.25) is 19.2 Å². The van der Waals surface area contributed by atoms with Gasteiger partial charge in [-0.2, -0.15) is 0 Å². The number of carbonyl (C=O) groups is 4. The van der Waals surface area contributed by atoms with Gasteiger partial charge in [0.15, 0.2) is 11.5 Å². The molecule has 4 rings (SSSR count). The van der Waals surface area contributed by atoms with Gasteiger partial charge in [0, 0.05) is 50.9 Å². The zero-order valence-electron chi connectivity index (χ0n) is 25.5. The van der Waals surface area contributed by atoms with E-state index < -0.39 is 29.6 Å². The van der Waals surface area contributed by atoms with Crippen LogP contribution in [-0.4, -0.2) is 82.9 Å². The maximum atomic E-state index is 15.5. The van der Waals surface area contributed by atoms with E-state index in [1.165, 1.54) is 18.3 Å². The molecule has 12 heteroatoms. The molecular weight excluding hydrogens is 555 g/mol. The quantitative estimate of drug-likeness (QED) is 0.374. The van der Waals surface area contributed by atoms with Crippen LogP contribution in [0.1, 0.15) is 81.3 Å². The Balaban J connectivity index is 1.50. The van der Waals surface area contributed by atoms with Crippen LogP contribution in [0.4, 0.5) is 10.1 Å². The van der Waals surface area contributed by atoms with Gasteiger partial charge in [0.2, 0.25) is 17.7 Å². The Bertz CT molecular complexity index is 1270. The minimum Gasteiger partial charge on any atom is -0.344 e. The van der Waals surface area contributed by atoms with E-state index in [9.17, 15) is 19.2 Å². The highest BCUT2D eigenvalue weighted by Gasteiger charge is 2.35.